The Labute approximate surface area is 510 Å². The Morgan fingerprint density at radius 1 is 0.802 bits per heavy atom. The second-order valence-corrected chi connectivity index (χ2v) is 31.7. The highest BCUT2D eigenvalue weighted by atomic mass is 28.4. The van der Waals surface area contributed by atoms with Crippen LogP contribution in [0, 0.1) is 5.41 Å². The van der Waals surface area contributed by atoms with Crippen LogP contribution in [0.1, 0.15) is 177 Å². The van der Waals surface area contributed by atoms with E-state index in [1.165, 1.54) is 16.5 Å². The van der Waals surface area contributed by atoms with Gasteiger partial charge in [0.25, 0.3) is 0 Å². The molecule has 1 aliphatic rings. The summed E-state index contributed by atoms with van der Waals surface area (Å²) in [5, 5.41) is 26.4. The maximum Gasteiger partial charge on any atom is 0.515 e. The number of urea groups is 1. The summed E-state index contributed by atoms with van der Waals surface area (Å²) in [6.07, 6.45) is 6.47. The van der Waals surface area contributed by atoms with E-state index < -0.39 is 44.0 Å². The number of fused-ring (bicyclic) bond motifs is 2. The van der Waals surface area contributed by atoms with Crippen LogP contribution >= 0.6 is 0 Å². The molecule has 4 N–H and O–H groups in total. The fourth-order valence-corrected chi connectivity index (χ4v) is 11.2. The Balaban J connectivity index is 1.02. The molecule has 5 aromatic rings. The highest BCUT2D eigenvalue weighted by Gasteiger charge is 2.41. The minimum absolute atomic E-state index is 0.0128. The molecule has 0 spiro atoms. The molecule has 1 aliphatic heterocycles. The van der Waals surface area contributed by atoms with Crippen molar-refractivity contribution in [3.63, 3.8) is 0 Å². The molecular weight excluding hydrogens is 1110 g/mol. The van der Waals surface area contributed by atoms with Gasteiger partial charge in [-0.05, 0) is 159 Å². The fourth-order valence-electron chi connectivity index (χ4n) is 9.96. The number of anilines is 2. The summed E-state index contributed by atoms with van der Waals surface area (Å²) >= 11 is 0. The second kappa shape index (κ2) is 29.9. The number of hydrogen-bond acceptors (Lipinski definition) is 15. The number of aromatic nitrogens is 4. The van der Waals surface area contributed by atoms with E-state index in [-0.39, 0.29) is 58.9 Å². The van der Waals surface area contributed by atoms with Gasteiger partial charge in [-0.15, -0.1) is 0 Å². The van der Waals surface area contributed by atoms with E-state index in [1.807, 2.05) is 23.0 Å². The summed E-state index contributed by atoms with van der Waals surface area (Å²) < 4.78 is 43.2. The maximum absolute atomic E-state index is 13.3. The molecule has 474 valence electrons. The van der Waals surface area contributed by atoms with Gasteiger partial charge in [-0.2, -0.15) is 5.10 Å². The van der Waals surface area contributed by atoms with Gasteiger partial charge in [0.15, 0.2) is 19.7 Å². The van der Waals surface area contributed by atoms with Crippen molar-refractivity contribution in [2.24, 2.45) is 5.41 Å². The third-order valence-corrected chi connectivity index (χ3v) is 20.1. The third-order valence-electron chi connectivity index (χ3n) is 15.6. The van der Waals surface area contributed by atoms with Gasteiger partial charge in [0, 0.05) is 73.9 Å². The van der Waals surface area contributed by atoms with Crippen molar-refractivity contribution < 1.29 is 57.1 Å². The minimum Gasteiger partial charge on any atom is -0.465 e. The van der Waals surface area contributed by atoms with Crippen LogP contribution in [0.4, 0.5) is 30.6 Å². The normalized spacial score (nSPS) is 14.4. The van der Waals surface area contributed by atoms with E-state index in [2.05, 4.69) is 107 Å². The second-order valence-electron chi connectivity index (χ2n) is 27.0. The first kappa shape index (κ1) is 68.6. The molecule has 0 saturated carbocycles. The summed E-state index contributed by atoms with van der Waals surface area (Å²) in [6.45, 7) is 35.0. The lowest BCUT2D eigenvalue weighted by atomic mass is 9.86. The van der Waals surface area contributed by atoms with Crippen molar-refractivity contribution in [3.8, 4) is 11.6 Å². The quantitative estimate of drug-likeness (QED) is 0.0174. The predicted molar refractivity (Wildman–Crippen MR) is 339 cm³/mol. The summed E-state index contributed by atoms with van der Waals surface area (Å²) in [5.41, 5.74) is 4.64. The highest BCUT2D eigenvalue weighted by Crippen LogP contribution is 2.43. The molecule has 1 saturated heterocycles. The molecular formula is C65H98N8O12Si. The number of benzene rings is 2. The van der Waals surface area contributed by atoms with Crippen molar-refractivity contribution in [2.45, 2.75) is 222 Å². The number of rotatable bonds is 26. The smallest absolute Gasteiger partial charge is 0.465 e. The third kappa shape index (κ3) is 20.3. The zero-order valence-corrected chi connectivity index (χ0v) is 55.1. The molecule has 86 heavy (non-hydrogen) atoms. The Bertz CT molecular complexity index is 3060. The maximum atomic E-state index is 13.3. The molecule has 2 atom stereocenters. The molecule has 1 fully saturated rings. The van der Waals surface area contributed by atoms with Gasteiger partial charge in [-0.3, -0.25) is 0 Å². The summed E-state index contributed by atoms with van der Waals surface area (Å²) in [6, 6.07) is 14.5. The van der Waals surface area contributed by atoms with Crippen molar-refractivity contribution in [3.05, 3.63) is 77.1 Å². The zero-order valence-electron chi connectivity index (χ0n) is 54.1. The Kier molecular flexibility index (Phi) is 23.8. The number of ether oxygens (including phenoxy) is 6. The van der Waals surface area contributed by atoms with Crippen LogP contribution in [0.25, 0.3) is 21.9 Å². The number of unbranched alkanes of at least 4 members (excludes halogenated alkanes) is 3. The Morgan fingerprint density at radius 2 is 1.48 bits per heavy atom. The van der Waals surface area contributed by atoms with Crippen molar-refractivity contribution in [2.75, 3.05) is 43.5 Å². The molecule has 3 amide bonds. The van der Waals surface area contributed by atoms with E-state index in [4.69, 9.17) is 37.8 Å². The number of carbonyl (C=O) groups excluding carboxylic acids is 3. The van der Waals surface area contributed by atoms with Crippen LogP contribution in [-0.2, 0) is 49.3 Å². The number of carboxylic acid groups (broad SMARTS) is 1. The predicted octanol–water partition coefficient (Wildman–Crippen LogP) is 15.2. The summed E-state index contributed by atoms with van der Waals surface area (Å²) in [7, 11) is -2.57. The monoisotopic (exact) mass is 1210 g/mol. The van der Waals surface area contributed by atoms with Crippen LogP contribution in [0.3, 0.4) is 0 Å². The van der Waals surface area contributed by atoms with Gasteiger partial charge >= 0.3 is 24.4 Å². The summed E-state index contributed by atoms with van der Waals surface area (Å²) in [4.78, 5) is 63.2. The van der Waals surface area contributed by atoms with Crippen LogP contribution in [-0.4, -0.2) is 119 Å². The molecule has 0 radical (unpaired) electrons. The molecule has 20 nitrogen and oxygen atoms in total. The molecule has 1 unspecified atom stereocenters. The van der Waals surface area contributed by atoms with Gasteiger partial charge in [0.05, 0.1) is 36.0 Å². The minimum atomic E-state index is -2.57. The summed E-state index contributed by atoms with van der Waals surface area (Å²) in [5.74, 6) is -0.0472. The first-order chi connectivity index (χ1) is 40.3. The van der Waals surface area contributed by atoms with Crippen molar-refractivity contribution in [1.29, 1.82) is 0 Å². The number of amides is 3. The first-order valence-electron chi connectivity index (χ1n) is 30.7. The van der Waals surface area contributed by atoms with E-state index in [9.17, 15) is 24.3 Å². The molecule has 2 aromatic carbocycles. The van der Waals surface area contributed by atoms with Crippen molar-refractivity contribution >= 4 is 66.1 Å². The average molecular weight is 1210 g/mol. The topological polar surface area (TPSA) is 236 Å². The molecule has 0 aliphatic carbocycles. The van der Waals surface area contributed by atoms with E-state index >= 15 is 0 Å². The Hall–Kier alpha value is -6.55. The average Bonchev–Trinajstić information content (AvgIpc) is 1.70. The number of nitrogens with one attached hydrogen (secondary N) is 3. The van der Waals surface area contributed by atoms with E-state index in [0.717, 1.165) is 79.3 Å². The molecule has 6 rings (SSSR count). The molecule has 21 heteroatoms. The first-order valence-corrected chi connectivity index (χ1v) is 33.6. The number of pyridine rings is 2. The molecule has 4 heterocycles. The zero-order chi connectivity index (χ0) is 63.2. The number of carbonyl (C=O) groups is 4. The largest absolute Gasteiger partial charge is 0.515 e. The fraction of sp³-hybridized carbons (Fsp3) is 0.615. The number of hydrogen-bond donors (Lipinski definition) is 4. The van der Waals surface area contributed by atoms with Gasteiger partial charge in [0.1, 0.15) is 16.7 Å². The van der Waals surface area contributed by atoms with Crippen molar-refractivity contribution in [1.82, 2.24) is 30.0 Å². The van der Waals surface area contributed by atoms with Gasteiger partial charge in [0.2, 0.25) is 5.88 Å². The number of aryl methyl sites for hydroxylation is 3. The lowest BCUT2D eigenvalue weighted by Crippen LogP contribution is -2.45. The van der Waals surface area contributed by atoms with E-state index in [1.54, 1.807) is 59.7 Å². The van der Waals surface area contributed by atoms with Crippen LogP contribution < -0.4 is 25.4 Å². The van der Waals surface area contributed by atoms with Crippen LogP contribution in [0.15, 0.2) is 54.7 Å². The molecule has 0 bridgehead atoms. The SMILES string of the molecule is CCc1nc2c(cnn2CC)c(NC2CCOCC2)c1CNC(=O)Nc1ccc(CCCCO[C@H](CCCCCN(CC(O[Si](C)(C)C(C)(C)C)c2ccc(OC(=O)OC(C)(C)C)c3nc(OC(=O)OC(C)(C)C)ccc23)C(=O)O)C(C)(C)C)cc1. The van der Waals surface area contributed by atoms with Gasteiger partial charge in [-0.25, -0.2) is 33.8 Å². The van der Waals surface area contributed by atoms with Crippen LogP contribution in [0.5, 0.6) is 11.6 Å². The molecule has 3 aromatic heterocycles. The van der Waals surface area contributed by atoms with Crippen LogP contribution in [0.2, 0.25) is 18.1 Å². The highest BCUT2D eigenvalue weighted by molar-refractivity contribution is 6.74. The lowest BCUT2D eigenvalue weighted by Gasteiger charge is -2.40. The Morgan fingerprint density at radius 3 is 2.09 bits per heavy atom. The van der Waals surface area contributed by atoms with Gasteiger partial charge in [-0.1, -0.05) is 79.5 Å². The van der Waals surface area contributed by atoms with Gasteiger partial charge < -0.3 is 58.8 Å². The van der Waals surface area contributed by atoms with E-state index in [0.29, 0.717) is 62.4 Å². The number of nitrogens with zero attached hydrogens (tertiary/aromatic N) is 5. The lowest BCUT2D eigenvalue weighted by molar-refractivity contribution is -0.0255. The standard InChI is InChI=1S/C65H98N8O12Si/c1-17-50-48(55(68-45-34-38-79-39-35-45)49-41-67-73(18-2)57(49)70-50)40-66-58(74)69-44-28-26-43(27-29-44)24-21-23-37-80-53(62(3,4)5)25-20-19-22-36-72(59(75)76)42-52(85-86(15,16)65(12,13)14)46-30-32-51(81-60(77)83-63(6,7)8)56-47(46)31-33-54(71-56)82-61(78)84-64(9,10)11/h26-33,41,45,52-53H,17-25,34-40,42H2,1-16H3,(H,68,70)(H,75,76)(H2,66,69,74)/t52?,53-/m1/s1.